The number of carbonyl (C=O) groups excluding carboxylic acids is 1. The highest BCUT2D eigenvalue weighted by atomic mass is 35.5. The molecule has 0 aromatic rings. The molecule has 0 aliphatic heterocycles. The highest BCUT2D eigenvalue weighted by molar-refractivity contribution is 6.20. The molecule has 3 fully saturated rings. The summed E-state index contributed by atoms with van der Waals surface area (Å²) in [5.74, 6) is 1.89. The minimum Gasteiger partial charge on any atom is -0.393 e. The molecule has 0 heterocycles. The second-order valence-corrected chi connectivity index (χ2v) is 9.99. The summed E-state index contributed by atoms with van der Waals surface area (Å²) < 4.78 is 6.10. The van der Waals surface area contributed by atoms with Crippen molar-refractivity contribution < 1.29 is 14.6 Å². The number of hydrogen-bond acceptors (Lipinski definition) is 3. The molecule has 26 heavy (non-hydrogen) atoms. The third kappa shape index (κ3) is 2.57. The van der Waals surface area contributed by atoms with Crippen LogP contribution in [-0.2, 0) is 9.53 Å². The molecule has 3 nitrogen and oxygen atoms in total. The zero-order chi connectivity index (χ0) is 18.7. The fraction of sp³-hybridized carbons (Fsp3) is 0.864. The monoisotopic (exact) mass is 380 g/mol. The van der Waals surface area contributed by atoms with Crippen molar-refractivity contribution in [2.75, 3.05) is 12.5 Å². The lowest BCUT2D eigenvalue weighted by Crippen LogP contribution is -2.58. The summed E-state index contributed by atoms with van der Waals surface area (Å²) in [6.45, 7) is 7.47. The summed E-state index contributed by atoms with van der Waals surface area (Å²) in [5, 5.41) is 11.3. The van der Waals surface area contributed by atoms with E-state index in [1.165, 1.54) is 12.0 Å². The Labute approximate surface area is 162 Å². The van der Waals surface area contributed by atoms with E-state index in [4.69, 9.17) is 16.3 Å². The fourth-order valence-electron chi connectivity index (χ4n) is 7.44. The van der Waals surface area contributed by atoms with Crippen LogP contribution in [0, 0.1) is 34.5 Å². The van der Waals surface area contributed by atoms with Gasteiger partial charge in [-0.15, -0.1) is 11.6 Å². The minimum absolute atomic E-state index is 0.0825. The van der Waals surface area contributed by atoms with Gasteiger partial charge in [-0.25, -0.2) is 0 Å². The van der Waals surface area contributed by atoms with E-state index in [9.17, 15) is 9.90 Å². The number of alkyl halides is 1. The summed E-state index contributed by atoms with van der Waals surface area (Å²) in [6.07, 6.45) is 7.89. The van der Waals surface area contributed by atoms with E-state index >= 15 is 0 Å². The molecular formula is C22H33ClO3. The maximum absolute atomic E-state index is 12.4. The van der Waals surface area contributed by atoms with Crippen molar-refractivity contribution >= 4 is 17.4 Å². The van der Waals surface area contributed by atoms with Gasteiger partial charge in [0.1, 0.15) is 0 Å². The molecule has 4 heteroatoms. The van der Waals surface area contributed by atoms with E-state index in [2.05, 4.69) is 20.8 Å². The number of hydrogen-bond donors (Lipinski definition) is 1. The van der Waals surface area contributed by atoms with Crippen LogP contribution in [0.5, 0.6) is 0 Å². The zero-order valence-electron chi connectivity index (χ0n) is 16.3. The van der Waals surface area contributed by atoms with Crippen molar-refractivity contribution in [1.82, 2.24) is 0 Å². The number of ketones is 1. The Bertz CT molecular complexity index is 617. The van der Waals surface area contributed by atoms with Crippen LogP contribution in [0.2, 0.25) is 0 Å². The van der Waals surface area contributed by atoms with Crippen molar-refractivity contribution in [2.45, 2.75) is 71.5 Å². The summed E-state index contributed by atoms with van der Waals surface area (Å²) in [4.78, 5) is 12.4. The van der Waals surface area contributed by atoms with E-state index in [0.29, 0.717) is 17.7 Å². The fourth-order valence-corrected chi connectivity index (χ4v) is 7.70. The summed E-state index contributed by atoms with van der Waals surface area (Å²) in [7, 11) is 0. The number of carbonyl (C=O) groups is 1. The second kappa shape index (κ2) is 6.60. The van der Waals surface area contributed by atoms with Gasteiger partial charge in [0.25, 0.3) is 0 Å². The van der Waals surface area contributed by atoms with Crippen LogP contribution in [0.25, 0.3) is 0 Å². The Balaban J connectivity index is 1.69. The van der Waals surface area contributed by atoms with Crippen LogP contribution in [0.4, 0.5) is 0 Å². The number of fused-ring (bicyclic) bond motifs is 5. The largest absolute Gasteiger partial charge is 0.393 e. The maximum Gasteiger partial charge on any atom is 0.159 e. The van der Waals surface area contributed by atoms with Crippen molar-refractivity contribution in [3.8, 4) is 0 Å². The lowest BCUT2D eigenvalue weighted by molar-refractivity contribution is -0.152. The second-order valence-electron chi connectivity index (χ2n) is 9.68. The third-order valence-corrected chi connectivity index (χ3v) is 8.90. The molecule has 0 aromatic heterocycles. The first kappa shape index (κ1) is 19.0. The molecule has 4 aliphatic carbocycles. The zero-order valence-corrected chi connectivity index (χ0v) is 17.1. The van der Waals surface area contributed by atoms with Crippen LogP contribution in [0.15, 0.2) is 11.6 Å². The van der Waals surface area contributed by atoms with Gasteiger partial charge >= 0.3 is 0 Å². The number of ether oxygens (including phenoxy) is 1. The molecule has 3 saturated carbocycles. The average Bonchev–Trinajstić information content (AvgIpc) is 2.91. The predicted molar refractivity (Wildman–Crippen MR) is 103 cm³/mol. The Morgan fingerprint density at radius 3 is 2.73 bits per heavy atom. The smallest absolute Gasteiger partial charge is 0.159 e. The van der Waals surface area contributed by atoms with Crippen LogP contribution >= 0.6 is 11.6 Å². The minimum atomic E-state index is -0.319. The van der Waals surface area contributed by atoms with Gasteiger partial charge in [0.05, 0.1) is 12.2 Å². The van der Waals surface area contributed by atoms with E-state index < -0.39 is 0 Å². The van der Waals surface area contributed by atoms with Gasteiger partial charge in [-0.1, -0.05) is 19.4 Å². The molecule has 0 radical (unpaired) electrons. The highest BCUT2D eigenvalue weighted by Gasteiger charge is 2.62. The summed E-state index contributed by atoms with van der Waals surface area (Å²) in [5.41, 5.74) is 1.28. The molecule has 0 aromatic carbocycles. The number of aliphatic hydroxyl groups excluding tert-OH is 1. The topological polar surface area (TPSA) is 46.5 Å². The van der Waals surface area contributed by atoms with Crippen LogP contribution in [-0.4, -0.2) is 35.6 Å². The van der Waals surface area contributed by atoms with E-state index in [1.807, 2.05) is 6.08 Å². The van der Waals surface area contributed by atoms with Crippen LogP contribution in [0.1, 0.15) is 59.3 Å². The van der Waals surface area contributed by atoms with Gasteiger partial charge in [-0.05, 0) is 80.1 Å². The first-order chi connectivity index (χ1) is 12.3. The Morgan fingerprint density at radius 1 is 1.27 bits per heavy atom. The van der Waals surface area contributed by atoms with Crippen LogP contribution < -0.4 is 0 Å². The molecule has 4 aliphatic rings. The van der Waals surface area contributed by atoms with Gasteiger partial charge in [-0.3, -0.25) is 4.79 Å². The standard InChI is InChI=1S/C22H33ClO3/c1-4-26-19-8-7-16-15-6-5-14-9-17(24)13(12-23)10-21(14,2)20(15)18(25)11-22(16,19)3/h9,13,15-16,18-20,25H,4-8,10-12H2,1-3H3/t13?,15-,16-,18-,19+,20+,21-,22-/m0/s1. The molecule has 146 valence electrons. The number of allylic oxidation sites excluding steroid dienone is 1. The Kier molecular flexibility index (Phi) is 4.81. The molecule has 0 saturated heterocycles. The Morgan fingerprint density at radius 2 is 2.04 bits per heavy atom. The molecule has 1 N–H and O–H groups in total. The van der Waals surface area contributed by atoms with E-state index in [-0.39, 0.29) is 40.7 Å². The molecule has 0 bridgehead atoms. The predicted octanol–water partition coefficient (Wildman–Crippen LogP) is 4.36. The normalized spacial score (nSPS) is 50.7. The van der Waals surface area contributed by atoms with E-state index in [0.717, 1.165) is 38.7 Å². The average molecular weight is 381 g/mol. The molecule has 0 spiro atoms. The molecular weight excluding hydrogens is 348 g/mol. The number of aliphatic hydroxyl groups is 1. The highest BCUT2D eigenvalue weighted by Crippen LogP contribution is 2.65. The lowest BCUT2D eigenvalue weighted by Gasteiger charge is -2.60. The molecule has 4 rings (SSSR count). The maximum atomic E-state index is 12.4. The van der Waals surface area contributed by atoms with Gasteiger partial charge in [0.2, 0.25) is 0 Å². The van der Waals surface area contributed by atoms with E-state index in [1.54, 1.807) is 0 Å². The number of rotatable bonds is 3. The Hall–Kier alpha value is -0.380. The van der Waals surface area contributed by atoms with Crippen LogP contribution in [0.3, 0.4) is 0 Å². The first-order valence-corrected chi connectivity index (χ1v) is 11.0. The van der Waals surface area contributed by atoms with Gasteiger partial charge in [0, 0.05) is 18.4 Å². The van der Waals surface area contributed by atoms with Crippen molar-refractivity contribution in [3.05, 3.63) is 11.6 Å². The quantitative estimate of drug-likeness (QED) is 0.740. The van der Waals surface area contributed by atoms with Gasteiger partial charge in [0.15, 0.2) is 5.78 Å². The molecule has 8 atom stereocenters. The van der Waals surface area contributed by atoms with Gasteiger partial charge in [-0.2, -0.15) is 0 Å². The first-order valence-electron chi connectivity index (χ1n) is 10.5. The SMILES string of the molecule is CCO[C@@H]1CC[C@H]2[C@@H]3CCC4=CC(=O)C(CCl)C[C@]4(C)[C@H]3[C@@H](O)C[C@]12C. The van der Waals surface area contributed by atoms with Gasteiger partial charge < -0.3 is 9.84 Å². The molecule has 1 unspecified atom stereocenters. The summed E-state index contributed by atoms with van der Waals surface area (Å²) in [6, 6.07) is 0. The molecule has 0 amide bonds. The van der Waals surface area contributed by atoms with Crippen molar-refractivity contribution in [3.63, 3.8) is 0 Å². The van der Waals surface area contributed by atoms with Crippen molar-refractivity contribution in [1.29, 1.82) is 0 Å². The van der Waals surface area contributed by atoms with Crippen molar-refractivity contribution in [2.24, 2.45) is 34.5 Å². The third-order valence-electron chi connectivity index (χ3n) is 8.52. The summed E-state index contributed by atoms with van der Waals surface area (Å²) >= 11 is 6.12. The lowest BCUT2D eigenvalue weighted by atomic mass is 9.46. The number of halogens is 1.